The predicted octanol–water partition coefficient (Wildman–Crippen LogP) is 2.71. The van der Waals surface area contributed by atoms with Crippen LogP contribution in [0.5, 0.6) is 11.5 Å². The first-order valence-electron chi connectivity index (χ1n) is 15.3. The van der Waals surface area contributed by atoms with E-state index in [1.807, 2.05) is 36.4 Å². The van der Waals surface area contributed by atoms with Crippen LogP contribution in [-0.4, -0.2) is 95.2 Å². The Hall–Kier alpha value is -6.08. The van der Waals surface area contributed by atoms with Gasteiger partial charge in [-0.3, -0.25) is 19.3 Å². The summed E-state index contributed by atoms with van der Waals surface area (Å²) < 4.78 is 4.97. The number of aromatic hydroxyl groups is 2. The van der Waals surface area contributed by atoms with Gasteiger partial charge in [-0.15, -0.1) is 23.1 Å². The number of nitrogens with one attached hydrogen (secondary N) is 2. The summed E-state index contributed by atoms with van der Waals surface area (Å²) in [7, 11) is 0. The molecule has 8 N–H and O–H groups in total. The summed E-state index contributed by atoms with van der Waals surface area (Å²) >= 11 is 2.13. The third-order valence-corrected chi connectivity index (χ3v) is 9.68. The summed E-state index contributed by atoms with van der Waals surface area (Å²) in [5.41, 5.74) is 4.83. The first kappa shape index (κ1) is 37.2. The molecule has 2 atom stereocenters. The van der Waals surface area contributed by atoms with Crippen LogP contribution < -0.4 is 16.4 Å². The van der Waals surface area contributed by atoms with Crippen molar-refractivity contribution in [2.24, 2.45) is 5.16 Å². The summed E-state index contributed by atoms with van der Waals surface area (Å²) in [6.45, 7) is 2.17. The van der Waals surface area contributed by atoms with Crippen molar-refractivity contribution in [3.05, 3.63) is 87.8 Å². The molecular weight excluding hydrogens is 721 g/mol. The van der Waals surface area contributed by atoms with Crippen LogP contribution in [0.4, 0.5) is 9.93 Å². The van der Waals surface area contributed by atoms with Crippen LogP contribution in [0.25, 0.3) is 6.08 Å². The van der Waals surface area contributed by atoms with Crippen molar-refractivity contribution in [2.75, 3.05) is 18.0 Å². The lowest BCUT2D eigenvalue weighted by Crippen LogP contribution is -2.70. The Bertz CT molecular complexity index is 2010. The average Bonchev–Trinajstić information content (AvgIpc) is 3.53. The first-order chi connectivity index (χ1) is 24.7. The number of fused-ring (bicyclic) bond motifs is 1. The molecule has 0 spiro atoms. The number of amides is 3. The van der Waals surface area contributed by atoms with Gasteiger partial charge in [0, 0.05) is 34.4 Å². The predicted molar refractivity (Wildman–Crippen MR) is 188 cm³/mol. The summed E-state index contributed by atoms with van der Waals surface area (Å²) in [6.07, 6.45) is 2.05. The molecule has 5 rings (SSSR count). The molecule has 1 aromatic heterocycles. The number of aliphatic carboxylic acids is 1. The number of oxime groups is 1. The summed E-state index contributed by atoms with van der Waals surface area (Å²) in [5, 5.41) is 49.0. The summed E-state index contributed by atoms with van der Waals surface area (Å²) in [4.78, 5) is 73.1. The summed E-state index contributed by atoms with van der Waals surface area (Å²) in [5.74, 6) is -4.89. The molecule has 2 aromatic carbocycles. The number of carbonyl (C=O) groups excluding carboxylic acids is 3. The largest absolute Gasteiger partial charge is 0.512 e. The SMILES string of the molecule is CC(C)(O/N=C(\C(=O)NC1C(=O)N2C(OC(=O)O)=C(CNC(=O)c3cc(O)c(O)c(CC=Cc4ccccc4)c3)CS[C@@H]12)c1csc(N)n1)C(=O)O. The van der Waals surface area contributed by atoms with Crippen molar-refractivity contribution in [3.8, 4) is 11.5 Å². The number of hydrogen-bond donors (Lipinski definition) is 7. The fourth-order valence-electron chi connectivity index (χ4n) is 4.88. The molecule has 52 heavy (non-hydrogen) atoms. The highest BCUT2D eigenvalue weighted by atomic mass is 32.2. The zero-order valence-corrected chi connectivity index (χ0v) is 29.1. The Morgan fingerprint density at radius 3 is 2.54 bits per heavy atom. The Morgan fingerprint density at radius 2 is 1.88 bits per heavy atom. The number of hydrogen-bond acceptors (Lipinski definition) is 14. The van der Waals surface area contributed by atoms with Gasteiger partial charge in [-0.25, -0.2) is 14.6 Å². The second-order valence-electron chi connectivity index (χ2n) is 11.8. The number of thiazole rings is 1. The maximum atomic E-state index is 13.3. The molecule has 3 amide bonds. The van der Waals surface area contributed by atoms with E-state index in [1.165, 1.54) is 25.3 Å². The van der Waals surface area contributed by atoms with Crippen LogP contribution in [0.3, 0.4) is 0 Å². The molecule has 3 aromatic rings. The fraction of sp³-hybridized carbons (Fsp3) is 0.242. The van der Waals surface area contributed by atoms with Gasteiger partial charge >= 0.3 is 12.1 Å². The van der Waals surface area contributed by atoms with Crippen molar-refractivity contribution in [2.45, 2.75) is 37.3 Å². The van der Waals surface area contributed by atoms with Crippen LogP contribution in [0.2, 0.25) is 0 Å². The molecular formula is C33H32N6O11S2. The summed E-state index contributed by atoms with van der Waals surface area (Å²) in [6, 6.07) is 10.7. The monoisotopic (exact) mass is 752 g/mol. The zero-order chi connectivity index (χ0) is 37.7. The molecule has 1 saturated heterocycles. The molecule has 1 unspecified atom stereocenters. The van der Waals surface area contributed by atoms with Gasteiger partial charge in [0.25, 0.3) is 17.7 Å². The number of allylic oxidation sites excluding steroid dienone is 1. The number of benzene rings is 2. The van der Waals surface area contributed by atoms with Gasteiger partial charge in [-0.1, -0.05) is 47.6 Å². The van der Waals surface area contributed by atoms with E-state index in [0.717, 1.165) is 39.6 Å². The van der Waals surface area contributed by atoms with Crippen LogP contribution in [0, 0.1) is 0 Å². The molecule has 1 fully saturated rings. The molecule has 0 radical (unpaired) electrons. The van der Waals surface area contributed by atoms with Gasteiger partial charge in [0.2, 0.25) is 11.5 Å². The Labute approximate surface area is 303 Å². The van der Waals surface area contributed by atoms with E-state index in [9.17, 15) is 44.4 Å². The topological polar surface area (TPSA) is 263 Å². The highest BCUT2D eigenvalue weighted by Crippen LogP contribution is 2.41. The van der Waals surface area contributed by atoms with Crippen molar-refractivity contribution >= 4 is 69.9 Å². The molecule has 2 aliphatic rings. The quantitative estimate of drug-likeness (QED) is 0.0435. The van der Waals surface area contributed by atoms with E-state index < -0.39 is 58.3 Å². The van der Waals surface area contributed by atoms with Crippen molar-refractivity contribution in [3.63, 3.8) is 0 Å². The van der Waals surface area contributed by atoms with Gasteiger partial charge < -0.3 is 46.4 Å². The number of carboxylic acids is 1. The number of ether oxygens (including phenoxy) is 1. The minimum Gasteiger partial charge on any atom is -0.504 e. The molecule has 19 heteroatoms. The van der Waals surface area contributed by atoms with Crippen molar-refractivity contribution < 1.29 is 54.0 Å². The van der Waals surface area contributed by atoms with Crippen molar-refractivity contribution in [1.29, 1.82) is 0 Å². The van der Waals surface area contributed by atoms with Crippen LogP contribution >= 0.6 is 23.1 Å². The van der Waals surface area contributed by atoms with Gasteiger partial charge in [-0.05, 0) is 38.0 Å². The lowest BCUT2D eigenvalue weighted by molar-refractivity contribution is -0.161. The van der Waals surface area contributed by atoms with Gasteiger partial charge in [0.1, 0.15) is 17.1 Å². The Morgan fingerprint density at radius 1 is 1.15 bits per heavy atom. The van der Waals surface area contributed by atoms with Crippen molar-refractivity contribution in [1.82, 2.24) is 20.5 Å². The highest BCUT2D eigenvalue weighted by molar-refractivity contribution is 8.00. The van der Waals surface area contributed by atoms with Crippen LogP contribution in [0.1, 0.15) is 41.0 Å². The molecule has 272 valence electrons. The Balaban J connectivity index is 1.29. The number of anilines is 1. The van der Waals surface area contributed by atoms with E-state index in [-0.39, 0.29) is 57.9 Å². The smallest absolute Gasteiger partial charge is 0.504 e. The highest BCUT2D eigenvalue weighted by Gasteiger charge is 2.54. The van der Waals surface area contributed by atoms with Gasteiger partial charge in [0.15, 0.2) is 22.3 Å². The third kappa shape index (κ3) is 8.27. The molecule has 0 aliphatic carbocycles. The van der Waals surface area contributed by atoms with E-state index >= 15 is 0 Å². The second kappa shape index (κ2) is 15.4. The van der Waals surface area contributed by atoms with Crippen LogP contribution in [-0.2, 0) is 30.4 Å². The maximum Gasteiger partial charge on any atom is 0.512 e. The van der Waals surface area contributed by atoms with E-state index in [2.05, 4.69) is 20.8 Å². The number of phenols is 2. The average molecular weight is 753 g/mol. The normalized spacial score (nSPS) is 17.3. The van der Waals surface area contributed by atoms with E-state index in [0.29, 0.717) is 0 Å². The molecule has 0 bridgehead atoms. The lowest BCUT2D eigenvalue weighted by atomic mass is 10.0. The van der Waals surface area contributed by atoms with E-state index in [1.54, 1.807) is 6.08 Å². The number of nitrogens with two attached hydrogens (primary N) is 1. The number of nitrogen functional groups attached to an aromatic ring is 1. The number of β-lactam (4-membered cyclic amide) rings is 1. The molecule has 0 saturated carbocycles. The Kier molecular flexibility index (Phi) is 11.0. The number of carbonyl (C=O) groups is 5. The maximum absolute atomic E-state index is 13.3. The zero-order valence-electron chi connectivity index (χ0n) is 27.4. The number of rotatable bonds is 13. The third-order valence-electron chi connectivity index (χ3n) is 7.66. The number of thioether (sulfide) groups is 1. The minimum atomic E-state index is -1.82. The lowest BCUT2D eigenvalue weighted by Gasteiger charge is -2.49. The minimum absolute atomic E-state index is 0.0129. The standard InChI is InChI=1S/C33H32N6O11S2/c1-33(2,30(45)46)50-38-22(20-15-52-31(34)36-20)26(43)37-23-27(44)39-28(49-32(47)48)19(14-51-29(23)39)13-35-25(42)18-11-17(24(41)21(40)12-18)10-6-9-16-7-4-3-5-8-16/h3-9,11-12,15,23,29,40-41H,10,13-14H2,1-2H3,(H2,34,36)(H,35,42)(H,37,43)(H,45,46)(H,47,48)/b9-6?,38-22-/t23?,29-/m0/s1. The van der Waals surface area contributed by atoms with E-state index in [4.69, 9.17) is 15.3 Å². The molecule has 17 nitrogen and oxygen atoms in total. The number of aromatic nitrogens is 1. The molecule has 3 heterocycles. The number of carboxylic acid groups (broad SMARTS) is 2. The number of phenolic OH excluding ortho intramolecular Hbond substituents is 2. The van der Waals surface area contributed by atoms with Gasteiger partial charge in [-0.2, -0.15) is 0 Å². The number of nitrogens with zero attached hydrogens (tertiary/aromatic N) is 3. The van der Waals surface area contributed by atoms with Gasteiger partial charge in [0.05, 0.1) is 0 Å². The molecule has 2 aliphatic heterocycles. The fourth-order valence-corrected chi connectivity index (χ4v) is 6.75. The van der Waals surface area contributed by atoms with Crippen LogP contribution in [0.15, 0.2) is 70.5 Å². The first-order valence-corrected chi connectivity index (χ1v) is 17.2. The second-order valence-corrected chi connectivity index (χ2v) is 13.8.